The van der Waals surface area contributed by atoms with E-state index in [1.807, 2.05) is 35.2 Å². The number of aryl methyl sites for hydroxylation is 1. The summed E-state index contributed by atoms with van der Waals surface area (Å²) in [4.78, 5) is 22.0. The van der Waals surface area contributed by atoms with Crippen LogP contribution in [0, 0.1) is 0 Å². The van der Waals surface area contributed by atoms with Crippen molar-refractivity contribution in [1.29, 1.82) is 0 Å². The van der Waals surface area contributed by atoms with Crippen LogP contribution in [0.15, 0.2) is 53.3 Å². The van der Waals surface area contributed by atoms with Crippen LogP contribution in [0.4, 0.5) is 5.69 Å². The zero-order valence-corrected chi connectivity index (χ0v) is 17.9. The zero-order valence-electron chi connectivity index (χ0n) is 17.1. The highest BCUT2D eigenvalue weighted by Crippen LogP contribution is 2.17. The normalized spacial score (nSPS) is 16.0. The quantitative estimate of drug-likeness (QED) is 0.588. The van der Waals surface area contributed by atoms with Gasteiger partial charge in [0.25, 0.3) is 5.56 Å². The number of rotatable bonds is 6. The molecule has 3 aromatic rings. The fraction of sp³-hybridized carbons (Fsp3) is 0.348. The molecule has 1 atom stereocenters. The van der Waals surface area contributed by atoms with E-state index in [-0.39, 0.29) is 11.7 Å². The van der Waals surface area contributed by atoms with Crippen LogP contribution in [-0.4, -0.2) is 39.2 Å². The molecule has 1 saturated heterocycles. The molecule has 0 amide bonds. The summed E-state index contributed by atoms with van der Waals surface area (Å²) in [5.41, 5.74) is 2.76. The van der Waals surface area contributed by atoms with E-state index in [2.05, 4.69) is 34.3 Å². The second-order valence-corrected chi connectivity index (χ2v) is 7.91. The number of para-hydroxylation sites is 1. The van der Waals surface area contributed by atoms with Crippen molar-refractivity contribution in [2.24, 2.45) is 0 Å². The van der Waals surface area contributed by atoms with Crippen LogP contribution in [0.5, 0.6) is 0 Å². The predicted octanol–water partition coefficient (Wildman–Crippen LogP) is 3.86. The minimum atomic E-state index is -0.137. The van der Waals surface area contributed by atoms with Crippen molar-refractivity contribution in [3.05, 3.63) is 70.3 Å². The van der Waals surface area contributed by atoms with Gasteiger partial charge in [0.1, 0.15) is 5.82 Å². The molecule has 1 aliphatic heterocycles. The van der Waals surface area contributed by atoms with Gasteiger partial charge in [0.05, 0.1) is 23.6 Å². The summed E-state index contributed by atoms with van der Waals surface area (Å²) in [6, 6.07) is 15.6. The summed E-state index contributed by atoms with van der Waals surface area (Å²) in [5.74, 6) is 0.585. The maximum Gasteiger partial charge on any atom is 0.258 e. The summed E-state index contributed by atoms with van der Waals surface area (Å²) in [5, 5.41) is 4.50. The second kappa shape index (κ2) is 9.36. The van der Waals surface area contributed by atoms with Gasteiger partial charge in [-0.05, 0) is 61.3 Å². The summed E-state index contributed by atoms with van der Waals surface area (Å²) < 4.78 is 5.82. The Morgan fingerprint density at radius 3 is 2.80 bits per heavy atom. The molecule has 1 aliphatic rings. The predicted molar refractivity (Wildman–Crippen MR) is 124 cm³/mol. The molecule has 1 aromatic heterocycles. The Morgan fingerprint density at radius 2 is 2.07 bits per heavy atom. The van der Waals surface area contributed by atoms with Crippen molar-refractivity contribution in [2.75, 3.05) is 18.5 Å². The van der Waals surface area contributed by atoms with E-state index < -0.39 is 0 Å². The molecule has 4 rings (SSSR count). The molecule has 0 radical (unpaired) electrons. The molecule has 156 valence electrons. The topological polar surface area (TPSA) is 70.2 Å². The highest BCUT2D eigenvalue weighted by Gasteiger charge is 2.22. The van der Waals surface area contributed by atoms with Gasteiger partial charge in [-0.15, -0.1) is 0 Å². The van der Waals surface area contributed by atoms with E-state index in [4.69, 9.17) is 17.0 Å². The minimum Gasteiger partial charge on any atom is -0.376 e. The third kappa shape index (κ3) is 4.86. The Hall–Kier alpha value is -2.77. The molecular weight excluding hydrogens is 396 g/mol. The largest absolute Gasteiger partial charge is 0.376 e. The molecule has 2 aromatic carbocycles. The van der Waals surface area contributed by atoms with Crippen LogP contribution in [-0.2, 0) is 17.7 Å². The minimum absolute atomic E-state index is 0.124. The number of nitrogens with one attached hydrogen (secondary N) is 2. The molecule has 0 spiro atoms. The third-order valence-corrected chi connectivity index (χ3v) is 5.71. The Bertz CT molecular complexity index is 1070. The van der Waals surface area contributed by atoms with Gasteiger partial charge in [-0.2, -0.15) is 0 Å². The van der Waals surface area contributed by atoms with Crippen LogP contribution < -0.4 is 10.9 Å². The SMILES string of the molecule is CCc1ccc(NC(=S)N(Cc2nc3ccccc3c(=O)[nH]2)C[C@H]2CCCO2)cc1. The molecule has 0 unspecified atom stereocenters. The van der Waals surface area contributed by atoms with E-state index in [0.29, 0.717) is 34.9 Å². The van der Waals surface area contributed by atoms with Crippen LogP contribution in [0.2, 0.25) is 0 Å². The number of hydrogen-bond donors (Lipinski definition) is 2. The first-order valence-electron chi connectivity index (χ1n) is 10.4. The van der Waals surface area contributed by atoms with E-state index in [1.165, 1.54) is 5.56 Å². The Kier molecular flexibility index (Phi) is 6.40. The van der Waals surface area contributed by atoms with Crippen molar-refractivity contribution in [2.45, 2.75) is 38.8 Å². The Labute approximate surface area is 181 Å². The Balaban J connectivity index is 1.55. The number of benzene rings is 2. The smallest absolute Gasteiger partial charge is 0.258 e. The van der Waals surface area contributed by atoms with Gasteiger partial charge in [0.15, 0.2) is 5.11 Å². The average Bonchev–Trinajstić information content (AvgIpc) is 3.27. The number of H-pyrrole nitrogens is 1. The molecule has 6 nitrogen and oxygen atoms in total. The van der Waals surface area contributed by atoms with Gasteiger partial charge >= 0.3 is 0 Å². The van der Waals surface area contributed by atoms with Crippen molar-refractivity contribution >= 4 is 33.9 Å². The molecule has 2 heterocycles. The average molecular weight is 423 g/mol. The molecule has 2 N–H and O–H groups in total. The van der Waals surface area contributed by atoms with Gasteiger partial charge in [-0.25, -0.2) is 4.98 Å². The monoisotopic (exact) mass is 422 g/mol. The molecular formula is C23H26N4O2S. The van der Waals surface area contributed by atoms with Crippen LogP contribution >= 0.6 is 12.2 Å². The lowest BCUT2D eigenvalue weighted by Gasteiger charge is -2.28. The lowest BCUT2D eigenvalue weighted by Crippen LogP contribution is -2.40. The number of aromatic amines is 1. The van der Waals surface area contributed by atoms with Gasteiger partial charge in [0.2, 0.25) is 0 Å². The van der Waals surface area contributed by atoms with Crippen LogP contribution in [0.25, 0.3) is 10.9 Å². The zero-order chi connectivity index (χ0) is 20.9. The number of anilines is 1. The number of nitrogens with zero attached hydrogens (tertiary/aromatic N) is 2. The first-order valence-corrected chi connectivity index (χ1v) is 10.8. The van der Waals surface area contributed by atoms with Gasteiger partial charge < -0.3 is 19.9 Å². The van der Waals surface area contributed by atoms with Crippen molar-refractivity contribution in [1.82, 2.24) is 14.9 Å². The highest BCUT2D eigenvalue weighted by atomic mass is 32.1. The fourth-order valence-electron chi connectivity index (χ4n) is 3.67. The first kappa shape index (κ1) is 20.5. The van der Waals surface area contributed by atoms with Crippen molar-refractivity contribution in [3.63, 3.8) is 0 Å². The van der Waals surface area contributed by atoms with Crippen molar-refractivity contribution in [3.8, 4) is 0 Å². The number of fused-ring (bicyclic) bond motifs is 1. The third-order valence-electron chi connectivity index (χ3n) is 5.35. The van der Waals surface area contributed by atoms with E-state index in [9.17, 15) is 4.79 Å². The van der Waals surface area contributed by atoms with Gasteiger partial charge in [-0.3, -0.25) is 4.79 Å². The molecule has 30 heavy (non-hydrogen) atoms. The fourth-order valence-corrected chi connectivity index (χ4v) is 3.93. The standard InChI is InChI=1S/C23H26N4O2S/c1-2-16-9-11-17(12-10-16)24-23(30)27(14-18-6-5-13-29-18)15-21-25-20-8-4-3-7-19(20)22(28)26-21/h3-4,7-12,18H,2,5-6,13-15H2,1H3,(H,24,30)(H,25,26,28)/t18-/m1/s1. The first-order chi connectivity index (χ1) is 14.6. The maximum absolute atomic E-state index is 12.5. The summed E-state index contributed by atoms with van der Waals surface area (Å²) in [6.45, 7) is 3.96. The molecule has 0 aliphatic carbocycles. The maximum atomic E-state index is 12.5. The van der Waals surface area contributed by atoms with E-state index in [1.54, 1.807) is 6.07 Å². The van der Waals surface area contributed by atoms with Crippen LogP contribution in [0.3, 0.4) is 0 Å². The Morgan fingerprint density at radius 1 is 1.27 bits per heavy atom. The lowest BCUT2D eigenvalue weighted by atomic mass is 10.1. The number of aromatic nitrogens is 2. The molecule has 1 fully saturated rings. The number of thiocarbonyl (C=S) groups is 1. The van der Waals surface area contributed by atoms with Gasteiger partial charge in [0, 0.05) is 18.8 Å². The lowest BCUT2D eigenvalue weighted by molar-refractivity contribution is 0.0900. The molecule has 0 saturated carbocycles. The summed E-state index contributed by atoms with van der Waals surface area (Å²) >= 11 is 5.72. The van der Waals surface area contributed by atoms with E-state index >= 15 is 0 Å². The highest BCUT2D eigenvalue weighted by molar-refractivity contribution is 7.80. The summed E-state index contributed by atoms with van der Waals surface area (Å²) in [6.07, 6.45) is 3.19. The van der Waals surface area contributed by atoms with Crippen LogP contribution in [0.1, 0.15) is 31.2 Å². The summed E-state index contributed by atoms with van der Waals surface area (Å²) in [7, 11) is 0. The van der Waals surface area contributed by atoms with Gasteiger partial charge in [-0.1, -0.05) is 31.2 Å². The number of hydrogen-bond acceptors (Lipinski definition) is 4. The molecule has 7 heteroatoms. The van der Waals surface area contributed by atoms with Crippen molar-refractivity contribution < 1.29 is 4.74 Å². The van der Waals surface area contributed by atoms with E-state index in [0.717, 1.165) is 31.6 Å². The number of ether oxygens (including phenoxy) is 1. The molecule has 0 bridgehead atoms. The second-order valence-electron chi connectivity index (χ2n) is 7.53.